The summed E-state index contributed by atoms with van der Waals surface area (Å²) in [5, 5.41) is 24.3. The highest BCUT2D eigenvalue weighted by Gasteiger charge is 2.35. The number of rotatable bonds is 23. The van der Waals surface area contributed by atoms with E-state index in [1.807, 2.05) is 27.7 Å². The topological polar surface area (TPSA) is 375 Å². The number of carbonyl (C=O) groups is 9. The molecule has 1 aliphatic rings. The van der Waals surface area contributed by atoms with Gasteiger partial charge in [0, 0.05) is 18.5 Å². The molecule has 0 unspecified atom stereocenters. The maximum absolute atomic E-state index is 14.5. The van der Waals surface area contributed by atoms with E-state index in [0.29, 0.717) is 17.9 Å². The van der Waals surface area contributed by atoms with Crippen LogP contribution < -0.4 is 75.5 Å². The van der Waals surface area contributed by atoms with Crippen LogP contribution in [0.5, 0.6) is 5.75 Å². The molecule has 1 heterocycles. The molecule has 2 aromatic carbocycles. The second kappa shape index (κ2) is 34.1. The van der Waals surface area contributed by atoms with Crippen LogP contribution in [0.25, 0.3) is 0 Å². The summed E-state index contributed by atoms with van der Waals surface area (Å²) in [5.74, 6) is -6.47. The Morgan fingerprint density at radius 1 is 0.592 bits per heavy atom. The number of carbonyl (C=O) groups excluding carboxylic acids is 9. The second-order valence-electron chi connectivity index (χ2n) is 19.9. The van der Waals surface area contributed by atoms with Crippen molar-refractivity contribution >= 4 is 53.2 Å². The van der Waals surface area contributed by atoms with E-state index in [0.717, 1.165) is 19.3 Å². The Morgan fingerprint density at radius 2 is 1.07 bits per heavy atom. The molecule has 1 fully saturated rings. The van der Waals surface area contributed by atoms with E-state index in [1.54, 1.807) is 54.6 Å². The average molecular weight is 1060 g/mol. The van der Waals surface area contributed by atoms with Gasteiger partial charge in [-0.05, 0) is 119 Å². The molecule has 23 nitrogen and oxygen atoms in total. The summed E-state index contributed by atoms with van der Waals surface area (Å²) in [6, 6.07) is 4.83. The van der Waals surface area contributed by atoms with Crippen LogP contribution in [0.2, 0.25) is 0 Å². The van der Waals surface area contributed by atoms with E-state index >= 15 is 0 Å². The van der Waals surface area contributed by atoms with Gasteiger partial charge in [0.1, 0.15) is 54.1 Å². The van der Waals surface area contributed by atoms with E-state index < -0.39 is 101 Å². The summed E-state index contributed by atoms with van der Waals surface area (Å²) in [5.41, 5.74) is 24.6. The standard InChI is InChI=1S/C53H85N13O10/c1-6-7-11-28-76-36-16-14-35(15-17-36)45(67)59-37(18-23-54)47(69)63-41-22-27-58-46(68)42(29-32(2)3)64-49(71)39(20-25-56)60-48(70)38(19-24-55)62-52(74)43(30-33(4)5)65-53(75)44(31-34-12-9-8-10-13-34)66-50(72)40(21-26-57)61-51(41)73/h8-10,12-17,32-33,37-44H,6-7,11,18-31,54-57H2,1-5H3,(H,58,68)(H,59,67)(H,60,70)(H,61,73)(H,62,74)(H,63,69)(H,64,71)(H,65,75)(H,66,72)/t37-,38+,39+,40+,41+,42+,43+,44-/m1/s1. The maximum atomic E-state index is 14.5. The van der Waals surface area contributed by atoms with Crippen LogP contribution in [-0.4, -0.2) is 141 Å². The van der Waals surface area contributed by atoms with Gasteiger partial charge >= 0.3 is 0 Å². The minimum atomic E-state index is -1.47. The van der Waals surface area contributed by atoms with E-state index in [9.17, 15) is 43.2 Å². The predicted octanol–water partition coefficient (Wildman–Crippen LogP) is -1.00. The molecule has 1 aliphatic heterocycles. The van der Waals surface area contributed by atoms with Gasteiger partial charge in [0.25, 0.3) is 5.91 Å². The number of hydrogen-bond donors (Lipinski definition) is 13. The number of benzene rings is 2. The van der Waals surface area contributed by atoms with Gasteiger partial charge in [-0.15, -0.1) is 0 Å². The molecule has 0 radical (unpaired) electrons. The van der Waals surface area contributed by atoms with Crippen molar-refractivity contribution in [3.05, 3.63) is 65.7 Å². The molecule has 1 saturated heterocycles. The quantitative estimate of drug-likeness (QED) is 0.0594. The van der Waals surface area contributed by atoms with E-state index in [2.05, 4.69) is 54.8 Å². The Hall–Kier alpha value is -6.69. The van der Waals surface area contributed by atoms with Gasteiger partial charge < -0.3 is 75.5 Å². The third kappa shape index (κ3) is 22.3. The van der Waals surface area contributed by atoms with E-state index in [1.165, 1.54) is 0 Å². The SMILES string of the molecule is CCCCCOc1ccc(C(=O)N[C@H](CCN)C(=O)N[C@H]2CCNC(=O)[C@H](CC(C)C)NC(=O)[C@H](CCN)NC(=O)[C@H](CCN)NC(=O)[C@H](CC(C)C)NC(=O)[C@@H](Cc3ccccc3)NC(=O)[C@H](CCN)NC2=O)cc1. The lowest BCUT2D eigenvalue weighted by molar-refractivity contribution is -0.136. The normalized spacial score (nSPS) is 22.2. The summed E-state index contributed by atoms with van der Waals surface area (Å²) >= 11 is 0. The molecule has 0 spiro atoms. The Labute approximate surface area is 446 Å². The van der Waals surface area contributed by atoms with Gasteiger partial charge in [0.2, 0.25) is 47.3 Å². The molecule has 9 amide bonds. The summed E-state index contributed by atoms with van der Waals surface area (Å²) in [6.45, 7) is 9.43. The zero-order valence-corrected chi connectivity index (χ0v) is 44.9. The molecule has 76 heavy (non-hydrogen) atoms. The third-order valence-electron chi connectivity index (χ3n) is 12.4. The van der Waals surface area contributed by atoms with Crippen molar-refractivity contribution in [2.24, 2.45) is 34.8 Å². The zero-order chi connectivity index (χ0) is 56.2. The van der Waals surface area contributed by atoms with Crippen LogP contribution in [0.1, 0.15) is 115 Å². The van der Waals surface area contributed by atoms with Crippen LogP contribution in [0.4, 0.5) is 0 Å². The van der Waals surface area contributed by atoms with Crippen molar-refractivity contribution in [1.29, 1.82) is 0 Å². The number of nitrogens with two attached hydrogens (primary N) is 4. The molecular weight excluding hydrogens is 979 g/mol. The highest BCUT2D eigenvalue weighted by Crippen LogP contribution is 2.15. The molecule has 23 heteroatoms. The smallest absolute Gasteiger partial charge is 0.251 e. The summed E-state index contributed by atoms with van der Waals surface area (Å²) in [4.78, 5) is 127. The molecule has 8 atom stereocenters. The molecule has 0 bridgehead atoms. The maximum Gasteiger partial charge on any atom is 0.251 e. The lowest BCUT2D eigenvalue weighted by atomic mass is 10.00. The number of amides is 9. The molecule has 0 aromatic heterocycles. The lowest BCUT2D eigenvalue weighted by Gasteiger charge is -2.28. The van der Waals surface area contributed by atoms with Gasteiger partial charge in [-0.1, -0.05) is 77.8 Å². The second-order valence-corrected chi connectivity index (χ2v) is 19.9. The van der Waals surface area contributed by atoms with E-state index in [-0.39, 0.29) is 101 Å². The summed E-state index contributed by atoms with van der Waals surface area (Å²) in [6.07, 6.45) is 2.58. The summed E-state index contributed by atoms with van der Waals surface area (Å²) < 4.78 is 5.77. The molecule has 0 saturated carbocycles. The zero-order valence-electron chi connectivity index (χ0n) is 44.9. The fraction of sp³-hybridized carbons (Fsp3) is 0.604. The molecular formula is C53H85N13O10. The molecule has 2 aromatic rings. The van der Waals surface area contributed by atoms with Crippen LogP contribution >= 0.6 is 0 Å². The third-order valence-corrected chi connectivity index (χ3v) is 12.4. The Morgan fingerprint density at radius 3 is 1.57 bits per heavy atom. The Bertz CT molecular complexity index is 2180. The van der Waals surface area contributed by atoms with Crippen molar-refractivity contribution in [3.63, 3.8) is 0 Å². The fourth-order valence-electron chi connectivity index (χ4n) is 8.33. The van der Waals surface area contributed by atoms with E-state index in [4.69, 9.17) is 27.7 Å². The minimum absolute atomic E-state index is 0.0394. The van der Waals surface area contributed by atoms with Crippen molar-refractivity contribution < 1.29 is 47.9 Å². The van der Waals surface area contributed by atoms with Gasteiger partial charge in [0.15, 0.2) is 0 Å². The highest BCUT2D eigenvalue weighted by atomic mass is 16.5. The van der Waals surface area contributed by atoms with Crippen LogP contribution in [0, 0.1) is 11.8 Å². The first kappa shape index (κ1) is 63.6. The van der Waals surface area contributed by atoms with Crippen LogP contribution in [0.3, 0.4) is 0 Å². The van der Waals surface area contributed by atoms with Crippen LogP contribution in [0.15, 0.2) is 54.6 Å². The first-order chi connectivity index (χ1) is 36.3. The van der Waals surface area contributed by atoms with Crippen molar-refractivity contribution in [2.45, 2.75) is 154 Å². The first-order valence-corrected chi connectivity index (χ1v) is 26.6. The van der Waals surface area contributed by atoms with Gasteiger partial charge in [-0.3, -0.25) is 43.2 Å². The van der Waals surface area contributed by atoms with Crippen LogP contribution in [-0.2, 0) is 44.8 Å². The predicted molar refractivity (Wildman–Crippen MR) is 288 cm³/mol. The first-order valence-electron chi connectivity index (χ1n) is 26.6. The Kier molecular flexibility index (Phi) is 28.5. The minimum Gasteiger partial charge on any atom is -0.494 e. The van der Waals surface area contributed by atoms with Gasteiger partial charge in [-0.25, -0.2) is 0 Å². The number of ether oxygens (including phenoxy) is 1. The van der Waals surface area contributed by atoms with Gasteiger partial charge in [0.05, 0.1) is 6.61 Å². The fourth-order valence-corrected chi connectivity index (χ4v) is 8.33. The number of unbranched alkanes of at least 4 members (excludes halogenated alkanes) is 2. The molecule has 422 valence electrons. The number of hydrogen-bond acceptors (Lipinski definition) is 14. The van der Waals surface area contributed by atoms with Crippen molar-refractivity contribution in [1.82, 2.24) is 47.9 Å². The lowest BCUT2D eigenvalue weighted by Crippen LogP contribution is -2.61. The Balaban J connectivity index is 2.09. The average Bonchev–Trinajstić information content (AvgIpc) is 3.38. The largest absolute Gasteiger partial charge is 0.494 e. The number of nitrogens with one attached hydrogen (secondary N) is 9. The molecule has 17 N–H and O–H groups in total. The summed E-state index contributed by atoms with van der Waals surface area (Å²) in [7, 11) is 0. The van der Waals surface area contributed by atoms with Gasteiger partial charge in [-0.2, -0.15) is 0 Å². The molecule has 3 rings (SSSR count). The highest BCUT2D eigenvalue weighted by molar-refractivity contribution is 6.00. The monoisotopic (exact) mass is 1060 g/mol. The molecule has 0 aliphatic carbocycles. The van der Waals surface area contributed by atoms with Crippen molar-refractivity contribution in [2.75, 3.05) is 39.3 Å². The van der Waals surface area contributed by atoms with Crippen molar-refractivity contribution in [3.8, 4) is 5.75 Å².